The number of benzene rings is 1. The lowest BCUT2D eigenvalue weighted by Gasteiger charge is -2.30. The lowest BCUT2D eigenvalue weighted by Crippen LogP contribution is -2.42. The van der Waals surface area contributed by atoms with Gasteiger partial charge in [0.2, 0.25) is 0 Å². The molecule has 0 aliphatic carbocycles. The van der Waals surface area contributed by atoms with E-state index in [0.29, 0.717) is 34.8 Å². The summed E-state index contributed by atoms with van der Waals surface area (Å²) in [6.45, 7) is 9.84. The number of anilines is 1. The summed E-state index contributed by atoms with van der Waals surface area (Å²) >= 11 is 1.53. The van der Waals surface area contributed by atoms with Crippen LogP contribution in [0.3, 0.4) is 0 Å². The lowest BCUT2D eigenvalue weighted by molar-refractivity contribution is -0.125. The van der Waals surface area contributed by atoms with E-state index in [9.17, 15) is 14.4 Å². The third-order valence-corrected chi connectivity index (χ3v) is 8.33. The molecule has 2 aromatic heterocycles. The van der Waals surface area contributed by atoms with Crippen molar-refractivity contribution in [2.24, 2.45) is 0 Å². The first-order valence-corrected chi connectivity index (χ1v) is 12.8. The van der Waals surface area contributed by atoms with Crippen molar-refractivity contribution in [1.29, 1.82) is 0 Å². The molecule has 4 heterocycles. The summed E-state index contributed by atoms with van der Waals surface area (Å²) in [5.41, 5.74) is 1.72. The van der Waals surface area contributed by atoms with Crippen molar-refractivity contribution in [3.63, 3.8) is 0 Å². The highest BCUT2D eigenvalue weighted by Crippen LogP contribution is 2.35. The van der Waals surface area contributed by atoms with Gasteiger partial charge >= 0.3 is 0 Å². The number of rotatable bonds is 5. The first kappa shape index (κ1) is 23.7. The second-order valence-corrected chi connectivity index (χ2v) is 10.7. The standard InChI is InChI=1S/C26H30N4O4S/c1-14-17(4)35-24-22(14)26(33)30(21(27-24)13-29-10-6-7-11-29)15(2)23(31)18-8-9-20-19(12-18)28(5)25(32)16(3)34-20/h8-9,12,15-16H,6-7,10-11,13H2,1-5H3. The number of Topliss-reactive ketones (excluding diaryl/α,β-unsaturated/α-hetero) is 1. The number of likely N-dealkylation sites (N-methyl/N-ethyl adjacent to an activating group) is 1. The van der Waals surface area contributed by atoms with E-state index >= 15 is 0 Å². The van der Waals surface area contributed by atoms with Crippen LogP contribution in [-0.2, 0) is 11.3 Å². The Bertz CT molecular complexity index is 1400. The van der Waals surface area contributed by atoms with Crippen LogP contribution >= 0.6 is 11.3 Å². The van der Waals surface area contributed by atoms with E-state index in [-0.39, 0.29) is 17.2 Å². The number of aromatic nitrogens is 2. The molecule has 35 heavy (non-hydrogen) atoms. The van der Waals surface area contributed by atoms with E-state index in [1.165, 1.54) is 16.2 Å². The fourth-order valence-electron chi connectivity index (χ4n) is 5.02. The maximum absolute atomic E-state index is 13.8. The molecule has 3 aromatic rings. The van der Waals surface area contributed by atoms with Gasteiger partial charge in [-0.05, 0) is 77.4 Å². The Morgan fingerprint density at radius 3 is 2.66 bits per heavy atom. The zero-order valence-corrected chi connectivity index (χ0v) is 21.6. The Morgan fingerprint density at radius 1 is 1.23 bits per heavy atom. The topological polar surface area (TPSA) is 84.7 Å². The van der Waals surface area contributed by atoms with Crippen LogP contribution in [0.2, 0.25) is 0 Å². The molecule has 1 fully saturated rings. The predicted molar refractivity (Wildman–Crippen MR) is 137 cm³/mol. The van der Waals surface area contributed by atoms with Gasteiger partial charge in [0.1, 0.15) is 16.4 Å². The summed E-state index contributed by atoms with van der Waals surface area (Å²) in [6.07, 6.45) is 1.68. The molecule has 2 atom stereocenters. The molecule has 1 aromatic carbocycles. The zero-order chi connectivity index (χ0) is 25.0. The highest BCUT2D eigenvalue weighted by Gasteiger charge is 2.31. The van der Waals surface area contributed by atoms with Gasteiger partial charge in [-0.2, -0.15) is 0 Å². The van der Waals surface area contributed by atoms with E-state index in [1.807, 2.05) is 13.8 Å². The maximum atomic E-state index is 13.8. The van der Waals surface area contributed by atoms with E-state index in [0.717, 1.165) is 41.2 Å². The average molecular weight is 495 g/mol. The van der Waals surface area contributed by atoms with Crippen LogP contribution < -0.4 is 15.2 Å². The molecule has 9 heteroatoms. The Labute approximate surface area is 208 Å². The largest absolute Gasteiger partial charge is 0.479 e. The molecular weight excluding hydrogens is 464 g/mol. The predicted octanol–water partition coefficient (Wildman–Crippen LogP) is 3.86. The Balaban J connectivity index is 1.58. The number of carbonyl (C=O) groups is 2. The van der Waals surface area contributed by atoms with E-state index in [1.54, 1.807) is 43.7 Å². The number of ketones is 1. The fraction of sp³-hybridized carbons (Fsp3) is 0.462. The summed E-state index contributed by atoms with van der Waals surface area (Å²) in [6, 6.07) is 4.34. The van der Waals surface area contributed by atoms with Gasteiger partial charge in [-0.15, -0.1) is 11.3 Å². The smallest absolute Gasteiger partial charge is 0.267 e. The molecule has 1 amide bonds. The third-order valence-electron chi connectivity index (χ3n) is 7.23. The number of nitrogens with zero attached hydrogens (tertiary/aromatic N) is 4. The van der Waals surface area contributed by atoms with Crippen molar-refractivity contribution in [2.45, 2.75) is 59.2 Å². The maximum Gasteiger partial charge on any atom is 0.267 e. The Kier molecular flexibility index (Phi) is 6.01. The summed E-state index contributed by atoms with van der Waals surface area (Å²) in [5.74, 6) is 0.803. The Morgan fingerprint density at radius 2 is 1.94 bits per heavy atom. The van der Waals surface area contributed by atoms with Crippen molar-refractivity contribution in [1.82, 2.24) is 14.5 Å². The molecular formula is C26H30N4O4S. The number of aryl methyl sites for hydroxylation is 2. The molecule has 0 bridgehead atoms. The van der Waals surface area contributed by atoms with Crippen molar-refractivity contribution in [2.75, 3.05) is 25.0 Å². The molecule has 0 N–H and O–H groups in total. The van der Waals surface area contributed by atoms with Crippen LogP contribution in [0.25, 0.3) is 10.2 Å². The molecule has 0 radical (unpaired) electrons. The molecule has 2 unspecified atom stereocenters. The number of fused-ring (bicyclic) bond motifs is 2. The van der Waals surface area contributed by atoms with Gasteiger partial charge in [0.05, 0.1) is 23.7 Å². The minimum atomic E-state index is -0.751. The molecule has 0 saturated carbocycles. The second-order valence-electron chi connectivity index (χ2n) is 9.53. The second kappa shape index (κ2) is 8.87. The molecule has 2 aliphatic rings. The van der Waals surface area contributed by atoms with Gasteiger partial charge < -0.3 is 9.64 Å². The summed E-state index contributed by atoms with van der Waals surface area (Å²) in [7, 11) is 1.68. The summed E-state index contributed by atoms with van der Waals surface area (Å²) < 4.78 is 7.28. The SMILES string of the molecule is Cc1sc2nc(CN3CCCC3)n(C(C)C(=O)c3ccc4c(c3)N(C)C(=O)C(C)O4)c(=O)c2c1C. The van der Waals surface area contributed by atoms with Crippen molar-refractivity contribution in [3.05, 3.63) is 50.4 Å². The number of hydrogen-bond donors (Lipinski definition) is 0. The van der Waals surface area contributed by atoms with Crippen molar-refractivity contribution < 1.29 is 14.3 Å². The van der Waals surface area contributed by atoms with Crippen molar-refractivity contribution in [3.8, 4) is 5.75 Å². The van der Waals surface area contributed by atoms with Crippen LogP contribution in [0.1, 0.15) is 59.4 Å². The van der Waals surface area contributed by atoms with Gasteiger partial charge in [-0.1, -0.05) is 0 Å². The van der Waals surface area contributed by atoms with Crippen LogP contribution in [0.5, 0.6) is 5.75 Å². The first-order chi connectivity index (χ1) is 16.7. The first-order valence-electron chi connectivity index (χ1n) is 12.0. The minimum Gasteiger partial charge on any atom is -0.479 e. The fourth-order valence-corrected chi connectivity index (χ4v) is 6.06. The number of hydrogen-bond acceptors (Lipinski definition) is 7. The minimum absolute atomic E-state index is 0.169. The Hall–Kier alpha value is -3.04. The molecule has 184 valence electrons. The van der Waals surface area contributed by atoms with Gasteiger partial charge in [0.15, 0.2) is 11.9 Å². The van der Waals surface area contributed by atoms with Crippen molar-refractivity contribution >= 4 is 38.9 Å². The van der Waals surface area contributed by atoms with E-state index in [2.05, 4.69) is 4.90 Å². The summed E-state index contributed by atoms with van der Waals surface area (Å²) in [5, 5.41) is 0.593. The highest BCUT2D eigenvalue weighted by atomic mass is 32.1. The molecule has 2 aliphatic heterocycles. The number of likely N-dealkylation sites (tertiary alicyclic amines) is 1. The third kappa shape index (κ3) is 3.96. The molecule has 5 rings (SSSR count). The van der Waals surface area contributed by atoms with Crippen LogP contribution in [0.15, 0.2) is 23.0 Å². The van der Waals surface area contributed by atoms with Gasteiger partial charge in [0.25, 0.3) is 11.5 Å². The van der Waals surface area contributed by atoms with E-state index < -0.39 is 12.1 Å². The normalized spacial score (nSPS) is 19.2. The monoisotopic (exact) mass is 494 g/mol. The molecule has 8 nitrogen and oxygen atoms in total. The number of carbonyl (C=O) groups excluding carboxylic acids is 2. The van der Waals surface area contributed by atoms with Crippen LogP contribution in [0.4, 0.5) is 5.69 Å². The highest BCUT2D eigenvalue weighted by molar-refractivity contribution is 7.18. The van der Waals surface area contributed by atoms with Gasteiger partial charge in [-0.3, -0.25) is 23.9 Å². The van der Waals surface area contributed by atoms with Crippen LogP contribution in [0, 0.1) is 13.8 Å². The molecule has 1 saturated heterocycles. The quantitative estimate of drug-likeness (QED) is 0.501. The number of thiophene rings is 1. The van der Waals surface area contributed by atoms with E-state index in [4.69, 9.17) is 9.72 Å². The van der Waals surface area contributed by atoms with Gasteiger partial charge in [0, 0.05) is 17.5 Å². The molecule has 0 spiro atoms. The average Bonchev–Trinajstić information content (AvgIpc) is 3.44. The lowest BCUT2D eigenvalue weighted by atomic mass is 10.0. The van der Waals surface area contributed by atoms with Gasteiger partial charge in [-0.25, -0.2) is 4.98 Å². The summed E-state index contributed by atoms with van der Waals surface area (Å²) in [4.78, 5) is 50.4. The van der Waals surface area contributed by atoms with Crippen LogP contribution in [-0.4, -0.2) is 52.4 Å². The zero-order valence-electron chi connectivity index (χ0n) is 20.8. The number of ether oxygens (including phenoxy) is 1. The number of amides is 1.